The second kappa shape index (κ2) is 7.81. The minimum Gasteiger partial charge on any atom is -0.383 e. The minimum atomic E-state index is -3.28. The van der Waals surface area contributed by atoms with Crippen molar-refractivity contribution < 1.29 is 17.9 Å². The molecule has 1 heterocycles. The Labute approximate surface area is 115 Å². The molecular formula is C12H24N2O4S. The lowest BCUT2D eigenvalue weighted by molar-refractivity contribution is -0.132. The van der Waals surface area contributed by atoms with Gasteiger partial charge in [0, 0.05) is 39.7 Å². The zero-order valence-corrected chi connectivity index (χ0v) is 12.6. The number of methoxy groups -OCH3 is 1. The van der Waals surface area contributed by atoms with Gasteiger partial charge < -0.3 is 9.64 Å². The van der Waals surface area contributed by atoms with Crippen molar-refractivity contribution >= 4 is 15.9 Å². The van der Waals surface area contributed by atoms with Gasteiger partial charge in [-0.25, -0.2) is 8.42 Å². The molecule has 0 atom stereocenters. The minimum absolute atomic E-state index is 0.0470. The van der Waals surface area contributed by atoms with Gasteiger partial charge in [0.2, 0.25) is 15.9 Å². The van der Waals surface area contributed by atoms with Crippen LogP contribution in [0.4, 0.5) is 0 Å². The highest BCUT2D eigenvalue weighted by Gasteiger charge is 2.21. The van der Waals surface area contributed by atoms with Gasteiger partial charge in [0.1, 0.15) is 0 Å². The molecule has 112 valence electrons. The van der Waals surface area contributed by atoms with Crippen LogP contribution in [0.3, 0.4) is 0 Å². The second-order valence-electron chi connectivity index (χ2n) is 4.85. The van der Waals surface area contributed by atoms with Gasteiger partial charge in [-0.2, -0.15) is 4.31 Å². The van der Waals surface area contributed by atoms with Gasteiger partial charge in [-0.1, -0.05) is 0 Å². The third-order valence-corrected chi connectivity index (χ3v) is 4.60. The first-order valence-corrected chi connectivity index (χ1v) is 8.52. The smallest absolute Gasteiger partial charge is 0.223 e. The molecule has 0 aromatic rings. The van der Waals surface area contributed by atoms with Gasteiger partial charge in [0.05, 0.1) is 12.9 Å². The van der Waals surface area contributed by atoms with Gasteiger partial charge >= 0.3 is 0 Å². The molecule has 1 aliphatic heterocycles. The molecule has 0 radical (unpaired) electrons. The predicted molar refractivity (Wildman–Crippen MR) is 73.3 cm³/mol. The third-order valence-electron chi connectivity index (χ3n) is 3.30. The lowest BCUT2D eigenvalue weighted by Gasteiger charge is -2.27. The van der Waals surface area contributed by atoms with Crippen LogP contribution in [-0.2, 0) is 19.6 Å². The Balaban J connectivity index is 2.44. The Kier molecular flexibility index (Phi) is 6.74. The van der Waals surface area contributed by atoms with E-state index < -0.39 is 10.0 Å². The van der Waals surface area contributed by atoms with Gasteiger partial charge in [0.25, 0.3) is 0 Å². The van der Waals surface area contributed by atoms with Crippen LogP contribution < -0.4 is 0 Å². The van der Waals surface area contributed by atoms with Crippen LogP contribution in [0.15, 0.2) is 0 Å². The first-order valence-electron chi connectivity index (χ1n) is 6.67. The number of hydrogen-bond acceptors (Lipinski definition) is 4. The maximum atomic E-state index is 12.0. The zero-order valence-electron chi connectivity index (χ0n) is 11.8. The molecule has 0 aromatic heterocycles. The number of piperidine rings is 1. The highest BCUT2D eigenvalue weighted by Crippen LogP contribution is 2.10. The van der Waals surface area contributed by atoms with E-state index in [1.165, 1.54) is 17.8 Å². The number of sulfonamides is 1. The normalized spacial score (nSPS) is 16.9. The maximum absolute atomic E-state index is 12.0. The molecule has 7 heteroatoms. The van der Waals surface area contributed by atoms with Gasteiger partial charge in [-0.3, -0.25) is 4.79 Å². The van der Waals surface area contributed by atoms with E-state index >= 15 is 0 Å². The predicted octanol–water partition coefficient (Wildman–Crippen LogP) is 0.297. The molecule has 1 amide bonds. The van der Waals surface area contributed by atoms with Crippen LogP contribution in [0.25, 0.3) is 0 Å². The van der Waals surface area contributed by atoms with Gasteiger partial charge in [-0.05, 0) is 19.3 Å². The van der Waals surface area contributed by atoms with Crippen LogP contribution in [0.5, 0.6) is 0 Å². The van der Waals surface area contributed by atoms with E-state index in [-0.39, 0.29) is 18.9 Å². The topological polar surface area (TPSA) is 66.9 Å². The Morgan fingerprint density at radius 3 is 2.37 bits per heavy atom. The van der Waals surface area contributed by atoms with Crippen molar-refractivity contribution in [2.24, 2.45) is 0 Å². The fraction of sp³-hybridized carbons (Fsp3) is 0.917. The van der Waals surface area contributed by atoms with Gasteiger partial charge in [-0.15, -0.1) is 0 Å². The van der Waals surface area contributed by atoms with E-state index in [1.54, 1.807) is 0 Å². The summed E-state index contributed by atoms with van der Waals surface area (Å²) in [4.78, 5) is 13.8. The number of hydrogen-bond donors (Lipinski definition) is 0. The fourth-order valence-electron chi connectivity index (χ4n) is 2.16. The monoisotopic (exact) mass is 292 g/mol. The largest absolute Gasteiger partial charge is 0.383 e. The molecule has 19 heavy (non-hydrogen) atoms. The Morgan fingerprint density at radius 2 is 1.84 bits per heavy atom. The van der Waals surface area contributed by atoms with E-state index in [1.807, 2.05) is 4.90 Å². The third kappa shape index (κ3) is 5.88. The summed E-state index contributed by atoms with van der Waals surface area (Å²) in [7, 11) is -1.75. The molecule has 1 fully saturated rings. The summed E-state index contributed by atoms with van der Waals surface area (Å²) < 4.78 is 29.3. The van der Waals surface area contributed by atoms with E-state index in [4.69, 9.17) is 4.74 Å². The molecule has 0 N–H and O–H groups in total. The van der Waals surface area contributed by atoms with Crippen molar-refractivity contribution in [3.63, 3.8) is 0 Å². The highest BCUT2D eigenvalue weighted by atomic mass is 32.2. The molecule has 0 aromatic carbocycles. The van der Waals surface area contributed by atoms with E-state index in [2.05, 4.69) is 0 Å². The summed E-state index contributed by atoms with van der Waals surface area (Å²) in [5.41, 5.74) is 0. The summed E-state index contributed by atoms with van der Waals surface area (Å²) in [6.45, 7) is 2.47. The van der Waals surface area contributed by atoms with Crippen LogP contribution in [-0.4, -0.2) is 69.7 Å². The van der Waals surface area contributed by atoms with Crippen LogP contribution in [0, 0.1) is 0 Å². The first kappa shape index (κ1) is 16.4. The molecule has 0 bridgehead atoms. The lowest BCUT2D eigenvalue weighted by Crippen LogP contribution is -2.40. The van der Waals surface area contributed by atoms with Crippen molar-refractivity contribution in [1.82, 2.24) is 9.21 Å². The van der Waals surface area contributed by atoms with Gasteiger partial charge in [0.15, 0.2) is 0 Å². The summed E-state index contributed by atoms with van der Waals surface area (Å²) in [6, 6.07) is 0. The standard InChI is InChI=1S/C12H24N2O4S/c1-18-11-10-14(19(2,16)17)9-6-12(15)13-7-4-3-5-8-13/h3-11H2,1-2H3. The Bertz CT molecular complexity index is 377. The molecular weight excluding hydrogens is 268 g/mol. The van der Waals surface area contributed by atoms with Crippen LogP contribution in [0.2, 0.25) is 0 Å². The maximum Gasteiger partial charge on any atom is 0.223 e. The number of amides is 1. The number of carbonyl (C=O) groups excluding carboxylic acids is 1. The molecule has 1 saturated heterocycles. The number of rotatable bonds is 7. The quantitative estimate of drug-likeness (QED) is 0.677. The summed E-state index contributed by atoms with van der Waals surface area (Å²) in [5, 5.41) is 0. The lowest BCUT2D eigenvalue weighted by atomic mass is 10.1. The van der Waals surface area contributed by atoms with Crippen molar-refractivity contribution in [2.45, 2.75) is 25.7 Å². The van der Waals surface area contributed by atoms with Crippen LogP contribution >= 0.6 is 0 Å². The number of ether oxygens (including phenoxy) is 1. The summed E-state index contributed by atoms with van der Waals surface area (Å²) in [6.07, 6.45) is 4.67. The average molecular weight is 292 g/mol. The Morgan fingerprint density at radius 1 is 1.21 bits per heavy atom. The highest BCUT2D eigenvalue weighted by molar-refractivity contribution is 7.88. The summed E-state index contributed by atoms with van der Waals surface area (Å²) in [5.74, 6) is 0.0470. The number of nitrogens with zero attached hydrogens (tertiary/aromatic N) is 2. The second-order valence-corrected chi connectivity index (χ2v) is 6.83. The molecule has 1 aliphatic rings. The number of likely N-dealkylation sites (tertiary alicyclic amines) is 1. The first-order chi connectivity index (χ1) is 8.95. The summed E-state index contributed by atoms with van der Waals surface area (Å²) >= 11 is 0. The Hall–Kier alpha value is -0.660. The fourth-order valence-corrected chi connectivity index (χ4v) is 2.99. The molecule has 6 nitrogen and oxygen atoms in total. The molecule has 1 rings (SSSR count). The van der Waals surface area contributed by atoms with E-state index in [0.717, 1.165) is 32.2 Å². The van der Waals surface area contributed by atoms with E-state index in [0.29, 0.717) is 13.2 Å². The zero-order chi connectivity index (χ0) is 14.3. The molecule has 0 spiro atoms. The SMILES string of the molecule is COCCN(CCC(=O)N1CCCCC1)S(C)(=O)=O. The molecule has 0 unspecified atom stereocenters. The van der Waals surface area contributed by atoms with Crippen molar-refractivity contribution in [1.29, 1.82) is 0 Å². The number of carbonyl (C=O) groups is 1. The van der Waals surface area contributed by atoms with Crippen molar-refractivity contribution in [2.75, 3.05) is 46.2 Å². The van der Waals surface area contributed by atoms with Crippen LogP contribution in [0.1, 0.15) is 25.7 Å². The average Bonchev–Trinajstić information content (AvgIpc) is 2.38. The molecule has 0 aliphatic carbocycles. The van der Waals surface area contributed by atoms with Crippen molar-refractivity contribution in [3.05, 3.63) is 0 Å². The van der Waals surface area contributed by atoms with E-state index in [9.17, 15) is 13.2 Å². The van der Waals surface area contributed by atoms with Crippen molar-refractivity contribution in [3.8, 4) is 0 Å². The molecule has 0 saturated carbocycles.